The summed E-state index contributed by atoms with van der Waals surface area (Å²) in [6, 6.07) is 8.42. The molecule has 14 heavy (non-hydrogen) atoms. The van der Waals surface area contributed by atoms with Gasteiger partial charge in [-0.05, 0) is 30.9 Å². The van der Waals surface area contributed by atoms with Crippen LogP contribution in [0.4, 0.5) is 0 Å². The fourth-order valence-electron chi connectivity index (χ4n) is 2.02. The van der Waals surface area contributed by atoms with Crippen molar-refractivity contribution in [3.05, 3.63) is 35.4 Å². The maximum atomic E-state index is 7.74. The van der Waals surface area contributed by atoms with Gasteiger partial charge in [-0.2, -0.15) is 0 Å². The quantitative estimate of drug-likeness (QED) is 0.562. The lowest BCUT2D eigenvalue weighted by Gasteiger charge is -2.10. The van der Waals surface area contributed by atoms with E-state index in [2.05, 4.69) is 24.3 Å². The van der Waals surface area contributed by atoms with Gasteiger partial charge >= 0.3 is 0 Å². The zero-order valence-corrected chi connectivity index (χ0v) is 8.42. The van der Waals surface area contributed by atoms with E-state index in [-0.39, 0.29) is 5.92 Å². The van der Waals surface area contributed by atoms with Gasteiger partial charge in [-0.1, -0.05) is 24.3 Å². The van der Waals surface area contributed by atoms with E-state index in [9.17, 15) is 0 Å². The Morgan fingerprint density at radius 3 is 2.43 bits per heavy atom. The molecule has 1 aliphatic carbocycles. The molecule has 0 aliphatic heterocycles. The monoisotopic (exact) mass is 189 g/mol. The van der Waals surface area contributed by atoms with Gasteiger partial charge in [0.1, 0.15) is 0 Å². The van der Waals surface area contributed by atoms with Gasteiger partial charge in [0.15, 0.2) is 5.90 Å². The lowest BCUT2D eigenvalue weighted by molar-refractivity contribution is 0.297. The average Bonchev–Trinajstić information content (AvgIpc) is 2.61. The molecule has 2 rings (SSSR count). The maximum absolute atomic E-state index is 7.74. The molecule has 74 valence electrons. The number of rotatable bonds is 2. The molecular formula is C12H15NO. The first-order chi connectivity index (χ1) is 6.81. The third-order valence-corrected chi connectivity index (χ3v) is 2.72. The van der Waals surface area contributed by atoms with Crippen LogP contribution in [0.15, 0.2) is 24.3 Å². The predicted molar refractivity (Wildman–Crippen MR) is 56.7 cm³/mol. The zero-order valence-electron chi connectivity index (χ0n) is 8.42. The summed E-state index contributed by atoms with van der Waals surface area (Å²) in [5, 5.41) is 7.74. The predicted octanol–water partition coefficient (Wildman–Crippen LogP) is 2.42. The standard InChI is InChI=1S/C12H15NO/c1-2-14-12(13)11-7-9-5-3-4-6-10(9)8-11/h3-6,11,13H,2,7-8H2,1H3. The highest BCUT2D eigenvalue weighted by molar-refractivity contribution is 5.77. The van der Waals surface area contributed by atoms with Crippen molar-refractivity contribution in [3.63, 3.8) is 0 Å². The van der Waals surface area contributed by atoms with Gasteiger partial charge in [0.2, 0.25) is 0 Å². The molecule has 1 aliphatic rings. The second-order valence-electron chi connectivity index (χ2n) is 3.67. The van der Waals surface area contributed by atoms with Crippen molar-refractivity contribution in [2.45, 2.75) is 19.8 Å². The van der Waals surface area contributed by atoms with Gasteiger partial charge in [-0.25, -0.2) is 0 Å². The SMILES string of the molecule is CCOC(=N)C1Cc2ccccc2C1. The van der Waals surface area contributed by atoms with Crippen molar-refractivity contribution in [1.82, 2.24) is 0 Å². The average molecular weight is 189 g/mol. The van der Waals surface area contributed by atoms with Crippen LogP contribution in [0.2, 0.25) is 0 Å². The molecule has 1 aromatic rings. The topological polar surface area (TPSA) is 33.1 Å². The van der Waals surface area contributed by atoms with Gasteiger partial charge in [-0.15, -0.1) is 0 Å². The third kappa shape index (κ3) is 1.65. The summed E-state index contributed by atoms with van der Waals surface area (Å²) in [6.45, 7) is 2.53. The van der Waals surface area contributed by atoms with Crippen molar-refractivity contribution >= 4 is 5.90 Å². The molecule has 0 radical (unpaired) electrons. The molecule has 0 aromatic heterocycles. The van der Waals surface area contributed by atoms with Crippen LogP contribution in [-0.4, -0.2) is 12.5 Å². The molecule has 0 heterocycles. The van der Waals surface area contributed by atoms with E-state index in [1.807, 2.05) is 6.92 Å². The van der Waals surface area contributed by atoms with Crippen LogP contribution in [0, 0.1) is 11.3 Å². The molecular weight excluding hydrogens is 174 g/mol. The Hall–Kier alpha value is -1.31. The fraction of sp³-hybridized carbons (Fsp3) is 0.417. The second-order valence-corrected chi connectivity index (χ2v) is 3.67. The van der Waals surface area contributed by atoms with Gasteiger partial charge in [0, 0.05) is 5.92 Å². The molecule has 0 saturated carbocycles. The first-order valence-electron chi connectivity index (χ1n) is 5.09. The van der Waals surface area contributed by atoms with Crippen molar-refractivity contribution in [2.24, 2.45) is 5.92 Å². The van der Waals surface area contributed by atoms with Crippen LogP contribution < -0.4 is 0 Å². The third-order valence-electron chi connectivity index (χ3n) is 2.72. The number of hydrogen-bond acceptors (Lipinski definition) is 2. The van der Waals surface area contributed by atoms with E-state index < -0.39 is 0 Å². The summed E-state index contributed by atoms with van der Waals surface area (Å²) < 4.78 is 5.24. The van der Waals surface area contributed by atoms with E-state index in [4.69, 9.17) is 10.1 Å². The lowest BCUT2D eigenvalue weighted by Crippen LogP contribution is -2.16. The second kappa shape index (κ2) is 3.82. The highest BCUT2D eigenvalue weighted by Crippen LogP contribution is 2.27. The Balaban J connectivity index is 2.08. The molecule has 0 amide bonds. The van der Waals surface area contributed by atoms with Crippen LogP contribution in [0.25, 0.3) is 0 Å². The normalized spacial score (nSPS) is 15.2. The van der Waals surface area contributed by atoms with E-state index in [1.54, 1.807) is 0 Å². The fourth-order valence-corrected chi connectivity index (χ4v) is 2.02. The van der Waals surface area contributed by atoms with Crippen molar-refractivity contribution < 1.29 is 4.74 Å². The van der Waals surface area contributed by atoms with Crippen molar-refractivity contribution in [1.29, 1.82) is 5.41 Å². The number of benzene rings is 1. The van der Waals surface area contributed by atoms with Crippen LogP contribution in [0.3, 0.4) is 0 Å². The summed E-state index contributed by atoms with van der Waals surface area (Å²) in [5.74, 6) is 0.719. The summed E-state index contributed by atoms with van der Waals surface area (Å²) in [5.41, 5.74) is 2.75. The minimum absolute atomic E-state index is 0.271. The molecule has 2 heteroatoms. The molecule has 2 nitrogen and oxygen atoms in total. The molecule has 1 N–H and O–H groups in total. The highest BCUT2D eigenvalue weighted by Gasteiger charge is 2.25. The van der Waals surface area contributed by atoms with Crippen LogP contribution in [0.5, 0.6) is 0 Å². The largest absolute Gasteiger partial charge is 0.481 e. The number of ether oxygens (including phenoxy) is 1. The van der Waals surface area contributed by atoms with Crippen LogP contribution in [0.1, 0.15) is 18.1 Å². The molecule has 0 bridgehead atoms. The minimum Gasteiger partial charge on any atom is -0.481 e. The number of nitrogens with one attached hydrogen (secondary N) is 1. The first kappa shape index (κ1) is 9.25. The Labute approximate surface area is 84.4 Å². The molecule has 0 fully saturated rings. The summed E-state index contributed by atoms with van der Waals surface area (Å²) in [7, 11) is 0. The molecule has 0 spiro atoms. The maximum Gasteiger partial charge on any atom is 0.184 e. The smallest absolute Gasteiger partial charge is 0.184 e. The number of fused-ring (bicyclic) bond motifs is 1. The van der Waals surface area contributed by atoms with E-state index >= 15 is 0 Å². The summed E-state index contributed by atoms with van der Waals surface area (Å²) in [4.78, 5) is 0. The van der Waals surface area contributed by atoms with Gasteiger partial charge in [-0.3, -0.25) is 5.41 Å². The molecule has 1 aromatic carbocycles. The Kier molecular flexibility index (Phi) is 2.53. The highest BCUT2D eigenvalue weighted by atomic mass is 16.5. The first-order valence-corrected chi connectivity index (χ1v) is 5.09. The van der Waals surface area contributed by atoms with E-state index in [1.165, 1.54) is 11.1 Å². The van der Waals surface area contributed by atoms with Crippen LogP contribution in [-0.2, 0) is 17.6 Å². The van der Waals surface area contributed by atoms with Crippen LogP contribution >= 0.6 is 0 Å². The van der Waals surface area contributed by atoms with Crippen molar-refractivity contribution in [3.8, 4) is 0 Å². The molecule has 0 atom stereocenters. The minimum atomic E-state index is 0.271. The molecule has 0 saturated heterocycles. The van der Waals surface area contributed by atoms with E-state index in [0.717, 1.165) is 12.8 Å². The Bertz CT molecular complexity index is 321. The van der Waals surface area contributed by atoms with E-state index in [0.29, 0.717) is 12.5 Å². The zero-order chi connectivity index (χ0) is 9.97. The molecule has 0 unspecified atom stereocenters. The van der Waals surface area contributed by atoms with Gasteiger partial charge < -0.3 is 4.74 Å². The van der Waals surface area contributed by atoms with Crippen molar-refractivity contribution in [2.75, 3.05) is 6.61 Å². The summed E-state index contributed by atoms with van der Waals surface area (Å²) in [6.07, 6.45) is 1.93. The Morgan fingerprint density at radius 2 is 1.93 bits per heavy atom. The van der Waals surface area contributed by atoms with Gasteiger partial charge in [0.05, 0.1) is 6.61 Å². The lowest BCUT2D eigenvalue weighted by atomic mass is 10.1. The Morgan fingerprint density at radius 1 is 1.36 bits per heavy atom. The van der Waals surface area contributed by atoms with Gasteiger partial charge in [0.25, 0.3) is 0 Å². The number of hydrogen-bond donors (Lipinski definition) is 1. The summed E-state index contributed by atoms with van der Waals surface area (Å²) >= 11 is 0.